The van der Waals surface area contributed by atoms with Crippen molar-refractivity contribution in [3.8, 4) is 5.82 Å². The minimum atomic E-state index is -3.11. The number of rotatable bonds is 5. The first-order valence-electron chi connectivity index (χ1n) is 9.59. The minimum Gasteiger partial charge on any atom is -0.378 e. The van der Waals surface area contributed by atoms with Gasteiger partial charge in [-0.25, -0.2) is 28.2 Å². The van der Waals surface area contributed by atoms with E-state index in [0.29, 0.717) is 35.3 Å². The Morgan fingerprint density at radius 3 is 2.77 bits per heavy atom. The van der Waals surface area contributed by atoms with Gasteiger partial charge in [-0.3, -0.25) is 5.32 Å². The average Bonchev–Trinajstić information content (AvgIpc) is 3.32. The molecule has 2 amide bonds. The van der Waals surface area contributed by atoms with Crippen molar-refractivity contribution in [3.63, 3.8) is 0 Å². The first kappa shape index (κ1) is 21.1. The lowest BCUT2D eigenvalue weighted by molar-refractivity contribution is -0.0256. The fourth-order valence-corrected chi connectivity index (χ4v) is 3.65. The summed E-state index contributed by atoms with van der Waals surface area (Å²) in [5.74, 6) is -2.72. The molecule has 11 heteroatoms. The summed E-state index contributed by atoms with van der Waals surface area (Å²) >= 11 is 0. The number of ether oxygens (including phenoxy) is 2. The quantitative estimate of drug-likeness (QED) is 0.640. The number of pyridine rings is 2. The molecule has 4 heterocycles. The Morgan fingerprint density at radius 1 is 1.39 bits per heavy atom. The number of aromatic nitrogens is 4. The number of aryl methyl sites for hydroxylation is 1. The van der Waals surface area contributed by atoms with Gasteiger partial charge in [-0.05, 0) is 19.1 Å². The van der Waals surface area contributed by atoms with Crippen LogP contribution in [0.15, 0.2) is 24.4 Å². The molecule has 0 saturated carbocycles. The lowest BCUT2D eigenvalue weighted by Gasteiger charge is -2.27. The van der Waals surface area contributed by atoms with Crippen LogP contribution < -0.4 is 11.1 Å². The normalized spacial score (nSPS) is 19.1. The molecule has 3 aromatic rings. The van der Waals surface area contributed by atoms with Gasteiger partial charge in [0.05, 0.1) is 23.5 Å². The van der Waals surface area contributed by atoms with E-state index in [4.69, 9.17) is 15.2 Å². The van der Waals surface area contributed by atoms with Crippen molar-refractivity contribution in [2.45, 2.75) is 31.8 Å². The Kier molecular flexibility index (Phi) is 5.10. The summed E-state index contributed by atoms with van der Waals surface area (Å²) in [7, 11) is 1.51. The molecule has 3 N–H and O–H groups in total. The van der Waals surface area contributed by atoms with Gasteiger partial charge in [0.1, 0.15) is 11.4 Å². The first-order chi connectivity index (χ1) is 14.6. The lowest BCUT2D eigenvalue weighted by Crippen LogP contribution is -2.31. The van der Waals surface area contributed by atoms with Gasteiger partial charge in [0.15, 0.2) is 5.82 Å². The van der Waals surface area contributed by atoms with Crippen molar-refractivity contribution in [1.29, 1.82) is 0 Å². The molecule has 1 aliphatic rings. The van der Waals surface area contributed by atoms with Gasteiger partial charge in [-0.1, -0.05) is 0 Å². The Labute approximate surface area is 176 Å². The van der Waals surface area contributed by atoms with E-state index in [1.807, 2.05) is 0 Å². The van der Waals surface area contributed by atoms with Crippen molar-refractivity contribution >= 4 is 22.8 Å². The number of alkyl halides is 2. The molecule has 1 fully saturated rings. The average molecular weight is 432 g/mol. The van der Waals surface area contributed by atoms with Crippen LogP contribution in [0.2, 0.25) is 0 Å². The zero-order chi connectivity index (χ0) is 22.4. The van der Waals surface area contributed by atoms with Gasteiger partial charge >= 0.3 is 6.03 Å². The minimum absolute atomic E-state index is 0.187. The third kappa shape index (κ3) is 3.81. The van der Waals surface area contributed by atoms with E-state index < -0.39 is 17.6 Å². The molecule has 164 valence electrons. The standard InChI is InChI=1S/C20H22F2N6O3/c1-11-13-9-24-16(26-18(23)29)8-14(13)28(27-11)17-7-12(19(2,21)22)6-15(25-17)20(30-3)4-5-31-10-20/h6-9H,4-5,10H2,1-3H3,(H3,23,24,26,29)/t20-/m1/s1. The highest BCUT2D eigenvalue weighted by atomic mass is 19.3. The molecule has 0 aliphatic carbocycles. The van der Waals surface area contributed by atoms with Crippen LogP contribution in [0, 0.1) is 6.92 Å². The number of hydrogen-bond donors (Lipinski definition) is 2. The van der Waals surface area contributed by atoms with E-state index in [1.54, 1.807) is 13.0 Å². The van der Waals surface area contributed by atoms with E-state index in [0.717, 1.165) is 6.92 Å². The summed E-state index contributed by atoms with van der Waals surface area (Å²) in [6.07, 6.45) is 2.02. The van der Waals surface area contributed by atoms with Gasteiger partial charge in [-0.2, -0.15) is 5.10 Å². The van der Waals surface area contributed by atoms with Crippen molar-refractivity contribution < 1.29 is 23.0 Å². The number of urea groups is 1. The van der Waals surface area contributed by atoms with Crippen LogP contribution in [-0.2, 0) is 21.0 Å². The number of nitrogens with two attached hydrogens (primary N) is 1. The predicted octanol–water partition coefficient (Wildman–Crippen LogP) is 2.99. The zero-order valence-corrected chi connectivity index (χ0v) is 17.3. The predicted molar refractivity (Wildman–Crippen MR) is 108 cm³/mol. The largest absolute Gasteiger partial charge is 0.378 e. The number of nitrogens with zero attached hydrogens (tertiary/aromatic N) is 4. The van der Waals surface area contributed by atoms with E-state index in [-0.39, 0.29) is 23.8 Å². The summed E-state index contributed by atoms with van der Waals surface area (Å²) in [6, 6.07) is 3.42. The molecule has 31 heavy (non-hydrogen) atoms. The molecule has 0 unspecified atom stereocenters. The maximum absolute atomic E-state index is 14.4. The van der Waals surface area contributed by atoms with Gasteiger partial charge in [0.25, 0.3) is 5.92 Å². The third-order valence-corrected chi connectivity index (χ3v) is 5.38. The van der Waals surface area contributed by atoms with Crippen LogP contribution in [0.25, 0.3) is 16.7 Å². The van der Waals surface area contributed by atoms with E-state index in [2.05, 4.69) is 20.4 Å². The van der Waals surface area contributed by atoms with Gasteiger partial charge in [0, 0.05) is 50.3 Å². The van der Waals surface area contributed by atoms with E-state index in [9.17, 15) is 13.6 Å². The fourth-order valence-electron chi connectivity index (χ4n) is 3.65. The monoisotopic (exact) mass is 432 g/mol. The fraction of sp³-hybridized carbons (Fsp3) is 0.400. The number of carbonyl (C=O) groups is 1. The molecular weight excluding hydrogens is 410 g/mol. The molecule has 0 bridgehead atoms. The van der Waals surface area contributed by atoms with Crippen molar-refractivity contribution in [2.75, 3.05) is 25.6 Å². The second kappa shape index (κ2) is 7.50. The number of methoxy groups -OCH3 is 1. The number of hydrogen-bond acceptors (Lipinski definition) is 6. The number of nitrogens with one attached hydrogen (secondary N) is 1. The Balaban J connectivity index is 1.94. The zero-order valence-electron chi connectivity index (χ0n) is 17.3. The van der Waals surface area contributed by atoms with Gasteiger partial charge < -0.3 is 15.2 Å². The molecule has 0 aromatic carbocycles. The number of anilines is 1. The van der Waals surface area contributed by atoms with Crippen LogP contribution in [0.4, 0.5) is 19.4 Å². The molecule has 1 aliphatic heterocycles. The Bertz CT molecular complexity index is 1150. The molecule has 4 rings (SSSR count). The van der Waals surface area contributed by atoms with E-state index >= 15 is 0 Å². The highest BCUT2D eigenvalue weighted by Gasteiger charge is 2.40. The molecule has 3 aromatic heterocycles. The van der Waals surface area contributed by atoms with Crippen molar-refractivity contribution in [2.24, 2.45) is 5.73 Å². The smallest absolute Gasteiger partial charge is 0.317 e. The molecular formula is C20H22F2N6O3. The highest BCUT2D eigenvalue weighted by Crippen LogP contribution is 2.37. The first-order valence-corrected chi connectivity index (χ1v) is 9.59. The van der Waals surface area contributed by atoms with Crippen LogP contribution >= 0.6 is 0 Å². The van der Waals surface area contributed by atoms with Crippen LogP contribution in [0.1, 0.15) is 30.3 Å². The molecule has 1 atom stereocenters. The molecule has 1 saturated heterocycles. The lowest BCUT2D eigenvalue weighted by atomic mass is 9.95. The number of fused-ring (bicyclic) bond motifs is 1. The van der Waals surface area contributed by atoms with Gasteiger partial charge in [-0.15, -0.1) is 0 Å². The number of primary amides is 1. The van der Waals surface area contributed by atoms with Crippen molar-refractivity contribution in [1.82, 2.24) is 19.7 Å². The van der Waals surface area contributed by atoms with Crippen LogP contribution in [-0.4, -0.2) is 46.1 Å². The molecule has 9 nitrogen and oxygen atoms in total. The topological polar surface area (TPSA) is 117 Å². The van der Waals surface area contributed by atoms with E-state index in [1.165, 1.54) is 30.1 Å². The molecule has 0 spiro atoms. The van der Waals surface area contributed by atoms with Crippen molar-refractivity contribution in [3.05, 3.63) is 41.3 Å². The van der Waals surface area contributed by atoms with Crippen LogP contribution in [0.3, 0.4) is 0 Å². The third-order valence-electron chi connectivity index (χ3n) is 5.38. The summed E-state index contributed by atoms with van der Waals surface area (Å²) in [5, 5.41) is 7.55. The Hall–Kier alpha value is -3.18. The second-order valence-corrected chi connectivity index (χ2v) is 7.56. The summed E-state index contributed by atoms with van der Waals surface area (Å²) in [5.41, 5.74) is 5.52. The summed E-state index contributed by atoms with van der Waals surface area (Å²) < 4.78 is 41.3. The SMILES string of the molecule is CO[C@]1(c2cc(C(C)(F)F)cc(-n3nc(C)c4cnc(NC(N)=O)cc43)n2)CCOC1. The number of halogens is 2. The maximum atomic E-state index is 14.4. The Morgan fingerprint density at radius 2 is 2.16 bits per heavy atom. The number of carbonyl (C=O) groups excluding carboxylic acids is 1. The second-order valence-electron chi connectivity index (χ2n) is 7.56. The molecule has 0 radical (unpaired) electrons. The summed E-state index contributed by atoms with van der Waals surface area (Å²) in [4.78, 5) is 20.0. The highest BCUT2D eigenvalue weighted by molar-refractivity contribution is 5.90. The maximum Gasteiger partial charge on any atom is 0.317 e. The van der Waals surface area contributed by atoms with Crippen LogP contribution in [0.5, 0.6) is 0 Å². The van der Waals surface area contributed by atoms with Gasteiger partial charge in [0.2, 0.25) is 0 Å². The summed E-state index contributed by atoms with van der Waals surface area (Å²) in [6.45, 7) is 3.24. The number of amides is 2.